The van der Waals surface area contributed by atoms with E-state index < -0.39 is 5.41 Å². The van der Waals surface area contributed by atoms with E-state index in [1.54, 1.807) is 17.6 Å². The monoisotopic (exact) mass is 404 g/mol. The molecule has 3 heterocycles. The zero-order valence-electron chi connectivity index (χ0n) is 16.7. The number of amides is 2. The number of hydrogen-bond donors (Lipinski definition) is 1. The van der Waals surface area contributed by atoms with Crippen molar-refractivity contribution in [2.75, 3.05) is 32.7 Å². The van der Waals surface area contributed by atoms with E-state index in [1.807, 2.05) is 37.8 Å². The molecule has 0 unspecified atom stereocenters. The molecule has 0 radical (unpaired) electrons. The maximum absolute atomic E-state index is 12.4. The molecule has 152 valence electrons. The van der Waals surface area contributed by atoms with Crippen molar-refractivity contribution in [3.8, 4) is 10.8 Å². The van der Waals surface area contributed by atoms with Crippen LogP contribution in [0.25, 0.3) is 10.8 Å². The maximum Gasteiger partial charge on any atom is 0.225 e. The smallest absolute Gasteiger partial charge is 0.225 e. The third-order valence-corrected chi connectivity index (χ3v) is 5.61. The van der Waals surface area contributed by atoms with Crippen LogP contribution in [-0.4, -0.2) is 59.3 Å². The van der Waals surface area contributed by atoms with Crippen molar-refractivity contribution in [1.29, 1.82) is 0 Å². The van der Waals surface area contributed by atoms with Crippen LogP contribution in [0.5, 0.6) is 0 Å². The Labute approximate surface area is 169 Å². The summed E-state index contributed by atoms with van der Waals surface area (Å²) in [6.07, 6.45) is 2.00. The number of rotatable bonds is 6. The number of carbonyl (C=O) groups excluding carboxylic acids is 2. The van der Waals surface area contributed by atoms with E-state index in [9.17, 15) is 9.59 Å². The van der Waals surface area contributed by atoms with E-state index in [0.717, 1.165) is 36.1 Å². The minimum atomic E-state index is -0.429. The summed E-state index contributed by atoms with van der Waals surface area (Å²) in [5.41, 5.74) is 0.599. The van der Waals surface area contributed by atoms with Crippen molar-refractivity contribution in [3.63, 3.8) is 0 Å². The molecule has 7 nitrogen and oxygen atoms in total. The van der Waals surface area contributed by atoms with Crippen molar-refractivity contribution in [2.45, 2.75) is 33.7 Å². The molecule has 2 aromatic heterocycles. The van der Waals surface area contributed by atoms with Crippen LogP contribution in [0.3, 0.4) is 0 Å². The van der Waals surface area contributed by atoms with Gasteiger partial charge in [-0.1, -0.05) is 20.8 Å². The van der Waals surface area contributed by atoms with E-state index >= 15 is 0 Å². The lowest BCUT2D eigenvalue weighted by molar-refractivity contribution is -0.133. The molecule has 2 amide bonds. The third kappa shape index (κ3) is 5.42. The van der Waals surface area contributed by atoms with Gasteiger partial charge in [-0.2, -0.15) is 0 Å². The Morgan fingerprint density at radius 3 is 2.64 bits per heavy atom. The van der Waals surface area contributed by atoms with E-state index in [4.69, 9.17) is 4.42 Å². The number of thiazole rings is 1. The van der Waals surface area contributed by atoms with E-state index in [1.165, 1.54) is 0 Å². The standard InChI is InChI=1S/C20H28N4O3S/c1-20(2,3)19(26)21-7-6-17(25)24-10-8-23(9-11-24)13-15-14-28-18(22-15)16-5-4-12-27-16/h4-5,12,14H,6-11,13H2,1-3H3,(H,21,26). The summed E-state index contributed by atoms with van der Waals surface area (Å²) in [5, 5.41) is 5.79. The fourth-order valence-corrected chi connectivity index (χ4v) is 3.76. The molecule has 0 aliphatic carbocycles. The Balaban J connectivity index is 1.39. The molecule has 1 N–H and O–H groups in total. The Kier molecular flexibility index (Phi) is 6.51. The van der Waals surface area contributed by atoms with E-state index in [2.05, 4.69) is 20.6 Å². The molecular formula is C20H28N4O3S. The normalized spacial score (nSPS) is 15.6. The second-order valence-corrected chi connectivity index (χ2v) is 8.89. The first-order chi connectivity index (χ1) is 13.3. The SMILES string of the molecule is CC(C)(C)C(=O)NCCC(=O)N1CCN(Cc2csc(-c3ccco3)n2)CC1. The summed E-state index contributed by atoms with van der Waals surface area (Å²) in [7, 11) is 0. The first kappa shape index (κ1) is 20.5. The Morgan fingerprint density at radius 2 is 2.00 bits per heavy atom. The van der Waals surface area contributed by atoms with Gasteiger partial charge >= 0.3 is 0 Å². The zero-order chi connectivity index (χ0) is 20.1. The van der Waals surface area contributed by atoms with Gasteiger partial charge in [-0.25, -0.2) is 4.98 Å². The molecule has 1 fully saturated rings. The van der Waals surface area contributed by atoms with Crippen molar-refractivity contribution in [1.82, 2.24) is 20.1 Å². The topological polar surface area (TPSA) is 78.7 Å². The Hall–Kier alpha value is -2.19. The van der Waals surface area contributed by atoms with Gasteiger partial charge in [0.25, 0.3) is 0 Å². The molecule has 8 heteroatoms. The number of piperazine rings is 1. The van der Waals surface area contributed by atoms with Crippen molar-refractivity contribution < 1.29 is 14.0 Å². The van der Waals surface area contributed by atoms with Gasteiger partial charge in [-0.3, -0.25) is 14.5 Å². The summed E-state index contributed by atoms with van der Waals surface area (Å²) in [6, 6.07) is 3.78. The van der Waals surface area contributed by atoms with Gasteiger partial charge in [0.15, 0.2) is 10.8 Å². The minimum absolute atomic E-state index is 0.0256. The quantitative estimate of drug-likeness (QED) is 0.801. The maximum atomic E-state index is 12.4. The van der Waals surface area contributed by atoms with E-state index in [-0.39, 0.29) is 11.8 Å². The fourth-order valence-electron chi connectivity index (χ4n) is 2.98. The lowest BCUT2D eigenvalue weighted by atomic mass is 9.96. The number of carbonyl (C=O) groups is 2. The van der Waals surface area contributed by atoms with Gasteiger partial charge < -0.3 is 14.6 Å². The van der Waals surface area contributed by atoms with Crippen LogP contribution in [0, 0.1) is 5.41 Å². The molecule has 1 saturated heterocycles. The first-order valence-electron chi connectivity index (χ1n) is 9.59. The van der Waals surface area contributed by atoms with Gasteiger partial charge in [0.1, 0.15) is 0 Å². The molecule has 0 spiro atoms. The largest absolute Gasteiger partial charge is 0.462 e. The number of furan rings is 1. The molecule has 1 aliphatic heterocycles. The van der Waals surface area contributed by atoms with Gasteiger partial charge in [0.05, 0.1) is 12.0 Å². The Bertz CT molecular complexity index is 787. The Morgan fingerprint density at radius 1 is 1.25 bits per heavy atom. The van der Waals surface area contributed by atoms with Crippen LogP contribution < -0.4 is 5.32 Å². The van der Waals surface area contributed by atoms with Gasteiger partial charge in [0, 0.05) is 56.5 Å². The van der Waals surface area contributed by atoms with Crippen molar-refractivity contribution in [2.24, 2.45) is 5.41 Å². The van der Waals surface area contributed by atoms with Crippen LogP contribution in [0.2, 0.25) is 0 Å². The zero-order valence-corrected chi connectivity index (χ0v) is 17.6. The van der Waals surface area contributed by atoms with Crippen LogP contribution in [-0.2, 0) is 16.1 Å². The number of nitrogens with zero attached hydrogens (tertiary/aromatic N) is 3. The minimum Gasteiger partial charge on any atom is -0.462 e. The highest BCUT2D eigenvalue weighted by atomic mass is 32.1. The molecule has 0 aromatic carbocycles. The summed E-state index contributed by atoms with van der Waals surface area (Å²) in [4.78, 5) is 33.1. The molecule has 28 heavy (non-hydrogen) atoms. The second-order valence-electron chi connectivity index (χ2n) is 8.03. The molecule has 0 bridgehead atoms. The summed E-state index contributed by atoms with van der Waals surface area (Å²) < 4.78 is 5.39. The highest BCUT2D eigenvalue weighted by Gasteiger charge is 2.23. The predicted molar refractivity (Wildman–Crippen MR) is 109 cm³/mol. The average Bonchev–Trinajstić information content (AvgIpc) is 3.33. The fraction of sp³-hybridized carbons (Fsp3) is 0.550. The van der Waals surface area contributed by atoms with E-state index in [0.29, 0.717) is 26.1 Å². The molecule has 2 aromatic rings. The van der Waals surface area contributed by atoms with Crippen molar-refractivity contribution in [3.05, 3.63) is 29.5 Å². The number of nitrogens with one attached hydrogen (secondary N) is 1. The molecule has 3 rings (SSSR count). The van der Waals surface area contributed by atoms with Crippen LogP contribution >= 0.6 is 11.3 Å². The molecule has 0 atom stereocenters. The number of aromatic nitrogens is 1. The van der Waals surface area contributed by atoms with Gasteiger partial charge in [0.2, 0.25) is 11.8 Å². The lowest BCUT2D eigenvalue weighted by Gasteiger charge is -2.34. The lowest BCUT2D eigenvalue weighted by Crippen LogP contribution is -2.49. The highest BCUT2D eigenvalue weighted by molar-refractivity contribution is 7.13. The average molecular weight is 405 g/mol. The van der Waals surface area contributed by atoms with Crippen LogP contribution in [0.4, 0.5) is 0 Å². The second kappa shape index (κ2) is 8.87. The summed E-state index contributed by atoms with van der Waals surface area (Å²) >= 11 is 1.58. The van der Waals surface area contributed by atoms with Crippen LogP contribution in [0.15, 0.2) is 28.2 Å². The first-order valence-corrected chi connectivity index (χ1v) is 10.5. The van der Waals surface area contributed by atoms with Gasteiger partial charge in [-0.05, 0) is 12.1 Å². The molecular weight excluding hydrogens is 376 g/mol. The van der Waals surface area contributed by atoms with Gasteiger partial charge in [-0.15, -0.1) is 11.3 Å². The predicted octanol–water partition coefficient (Wildman–Crippen LogP) is 2.60. The number of hydrogen-bond acceptors (Lipinski definition) is 6. The highest BCUT2D eigenvalue weighted by Crippen LogP contribution is 2.24. The summed E-state index contributed by atoms with van der Waals surface area (Å²) in [6.45, 7) is 9.84. The molecule has 0 saturated carbocycles. The summed E-state index contributed by atoms with van der Waals surface area (Å²) in [5.74, 6) is 0.871. The van der Waals surface area contributed by atoms with Crippen molar-refractivity contribution >= 4 is 23.2 Å². The third-order valence-electron chi connectivity index (χ3n) is 4.70. The van der Waals surface area contributed by atoms with Crippen LogP contribution in [0.1, 0.15) is 32.9 Å². The molecule has 1 aliphatic rings.